The molecule has 1 atom stereocenters. The number of nitrogens with zero attached hydrogens (tertiary/aromatic N) is 1. The Hall–Kier alpha value is -3.76. The van der Waals surface area contributed by atoms with Gasteiger partial charge in [-0.2, -0.15) is 5.26 Å². The fraction of sp³-hybridized carbons (Fsp3) is 0.0952. The molecule has 0 radical (unpaired) electrons. The van der Waals surface area contributed by atoms with E-state index in [0.29, 0.717) is 11.1 Å². The average Bonchev–Trinajstić information content (AvgIpc) is 2.70. The number of carbonyl (C=O) groups is 2. The lowest BCUT2D eigenvalue weighted by molar-refractivity contribution is -0.123. The number of hydrogen-bond acceptors (Lipinski definition) is 6. The first kappa shape index (κ1) is 20.0. The SMILES string of the molecule is C[C@H](OC(=O)c1cc(O)c2ccccc2c1O)C(=O)Nc1ccc(C#N)c(Cl)c1. The minimum atomic E-state index is -1.20. The molecule has 0 spiro atoms. The standard InChI is InChI=1S/C21H15ClN2O5/c1-11(20(27)24-13-7-6-12(10-23)17(22)8-13)29-21(28)16-9-18(25)14-4-2-3-5-15(14)19(16)26/h2-9,11,25-26H,1H3,(H,24,27)/t11-/m0/s1. The molecule has 3 rings (SSSR count). The number of nitrogens with one attached hydrogen (secondary N) is 1. The number of fused-ring (bicyclic) bond motifs is 1. The lowest BCUT2D eigenvalue weighted by atomic mass is 10.0. The number of aromatic hydroxyl groups is 2. The van der Waals surface area contributed by atoms with E-state index in [9.17, 15) is 19.8 Å². The highest BCUT2D eigenvalue weighted by atomic mass is 35.5. The highest BCUT2D eigenvalue weighted by Crippen LogP contribution is 2.35. The summed E-state index contributed by atoms with van der Waals surface area (Å²) in [6, 6.07) is 13.8. The number of esters is 1. The minimum absolute atomic E-state index is 0.173. The van der Waals surface area contributed by atoms with Crippen molar-refractivity contribution in [2.24, 2.45) is 0 Å². The van der Waals surface area contributed by atoms with Gasteiger partial charge in [-0.05, 0) is 31.2 Å². The van der Waals surface area contributed by atoms with Crippen LogP contribution in [-0.4, -0.2) is 28.2 Å². The molecule has 0 heterocycles. The van der Waals surface area contributed by atoms with Crippen molar-refractivity contribution in [1.82, 2.24) is 0 Å². The van der Waals surface area contributed by atoms with Crippen molar-refractivity contribution in [2.75, 3.05) is 5.32 Å². The maximum atomic E-state index is 12.4. The van der Waals surface area contributed by atoms with E-state index in [0.717, 1.165) is 6.07 Å². The third kappa shape index (κ3) is 4.08. The molecule has 1 amide bonds. The Morgan fingerprint density at radius 3 is 2.48 bits per heavy atom. The van der Waals surface area contributed by atoms with Crippen LogP contribution in [0.15, 0.2) is 48.5 Å². The Morgan fingerprint density at radius 2 is 1.83 bits per heavy atom. The quantitative estimate of drug-likeness (QED) is 0.442. The van der Waals surface area contributed by atoms with E-state index in [1.807, 2.05) is 6.07 Å². The molecule has 8 heteroatoms. The maximum absolute atomic E-state index is 12.4. The number of amides is 1. The Labute approximate surface area is 170 Å². The summed E-state index contributed by atoms with van der Waals surface area (Å²) in [5.41, 5.74) is 0.325. The van der Waals surface area contributed by atoms with Crippen LogP contribution < -0.4 is 5.32 Å². The molecule has 7 nitrogen and oxygen atoms in total. The second-order valence-corrected chi connectivity index (χ2v) is 6.59. The molecule has 3 N–H and O–H groups in total. The number of ether oxygens (including phenoxy) is 1. The van der Waals surface area contributed by atoms with E-state index in [4.69, 9.17) is 21.6 Å². The Kier molecular flexibility index (Phi) is 5.57. The number of anilines is 1. The molecular weight excluding hydrogens is 396 g/mol. The van der Waals surface area contributed by atoms with E-state index in [1.165, 1.54) is 25.1 Å². The van der Waals surface area contributed by atoms with Crippen LogP contribution in [-0.2, 0) is 9.53 Å². The normalized spacial score (nSPS) is 11.5. The van der Waals surface area contributed by atoms with Gasteiger partial charge in [0.05, 0.1) is 10.6 Å². The Balaban J connectivity index is 1.76. The maximum Gasteiger partial charge on any atom is 0.342 e. The van der Waals surface area contributed by atoms with E-state index >= 15 is 0 Å². The fourth-order valence-electron chi connectivity index (χ4n) is 2.70. The predicted molar refractivity (Wildman–Crippen MR) is 107 cm³/mol. The summed E-state index contributed by atoms with van der Waals surface area (Å²) in [6.07, 6.45) is -1.20. The Morgan fingerprint density at radius 1 is 1.14 bits per heavy atom. The third-order valence-electron chi connectivity index (χ3n) is 4.22. The van der Waals surface area contributed by atoms with E-state index < -0.39 is 18.0 Å². The zero-order valence-electron chi connectivity index (χ0n) is 15.1. The van der Waals surface area contributed by atoms with Crippen LogP contribution in [0.5, 0.6) is 11.5 Å². The van der Waals surface area contributed by atoms with Gasteiger partial charge in [0.2, 0.25) is 0 Å². The zero-order chi connectivity index (χ0) is 21.1. The number of benzene rings is 3. The van der Waals surface area contributed by atoms with Crippen molar-refractivity contribution in [3.63, 3.8) is 0 Å². The highest BCUT2D eigenvalue weighted by molar-refractivity contribution is 6.32. The molecule has 0 unspecified atom stereocenters. The monoisotopic (exact) mass is 410 g/mol. The van der Waals surface area contributed by atoms with Crippen molar-refractivity contribution in [3.05, 3.63) is 64.7 Å². The average molecular weight is 411 g/mol. The number of rotatable bonds is 4. The van der Waals surface area contributed by atoms with Crippen LogP contribution in [0.4, 0.5) is 5.69 Å². The van der Waals surface area contributed by atoms with E-state index in [2.05, 4.69) is 5.32 Å². The number of phenols is 2. The van der Waals surface area contributed by atoms with Crippen LogP contribution in [0.2, 0.25) is 5.02 Å². The zero-order valence-corrected chi connectivity index (χ0v) is 15.9. The molecule has 29 heavy (non-hydrogen) atoms. The molecule has 0 bridgehead atoms. The smallest absolute Gasteiger partial charge is 0.342 e. The third-order valence-corrected chi connectivity index (χ3v) is 4.54. The molecule has 3 aromatic rings. The summed E-state index contributed by atoms with van der Waals surface area (Å²) >= 11 is 5.93. The van der Waals surface area contributed by atoms with Crippen LogP contribution in [0.25, 0.3) is 10.8 Å². The van der Waals surface area contributed by atoms with Crippen molar-refractivity contribution in [2.45, 2.75) is 13.0 Å². The largest absolute Gasteiger partial charge is 0.507 e. The summed E-state index contributed by atoms with van der Waals surface area (Å²) in [5, 5.41) is 32.7. The first-order chi connectivity index (χ1) is 13.8. The summed E-state index contributed by atoms with van der Waals surface area (Å²) in [7, 11) is 0. The summed E-state index contributed by atoms with van der Waals surface area (Å²) in [4.78, 5) is 24.7. The fourth-order valence-corrected chi connectivity index (χ4v) is 2.92. The summed E-state index contributed by atoms with van der Waals surface area (Å²) in [6.45, 7) is 1.36. The Bertz CT molecular complexity index is 1170. The van der Waals surface area contributed by atoms with Gasteiger partial charge in [0, 0.05) is 16.5 Å². The number of nitriles is 1. The predicted octanol–water partition coefficient (Wildman–Crippen LogP) is 3.96. The van der Waals surface area contributed by atoms with Gasteiger partial charge in [0.15, 0.2) is 6.10 Å². The second kappa shape index (κ2) is 8.09. The lowest BCUT2D eigenvalue weighted by Crippen LogP contribution is -2.30. The molecule has 3 aromatic carbocycles. The van der Waals surface area contributed by atoms with E-state index in [1.54, 1.807) is 24.3 Å². The van der Waals surface area contributed by atoms with Crippen LogP contribution >= 0.6 is 11.6 Å². The van der Waals surface area contributed by atoms with Crippen LogP contribution in [0.1, 0.15) is 22.8 Å². The molecule has 0 aliphatic rings. The van der Waals surface area contributed by atoms with Gasteiger partial charge in [0.1, 0.15) is 23.1 Å². The van der Waals surface area contributed by atoms with Crippen molar-refractivity contribution < 1.29 is 24.5 Å². The number of halogens is 1. The van der Waals surface area contributed by atoms with Crippen LogP contribution in [0, 0.1) is 11.3 Å². The minimum Gasteiger partial charge on any atom is -0.507 e. The second-order valence-electron chi connectivity index (χ2n) is 6.18. The molecule has 0 fully saturated rings. The number of hydrogen-bond donors (Lipinski definition) is 3. The van der Waals surface area contributed by atoms with Crippen LogP contribution in [0.3, 0.4) is 0 Å². The van der Waals surface area contributed by atoms with Gasteiger partial charge < -0.3 is 20.3 Å². The van der Waals surface area contributed by atoms with Gasteiger partial charge in [0.25, 0.3) is 5.91 Å². The van der Waals surface area contributed by atoms with Gasteiger partial charge in [-0.15, -0.1) is 0 Å². The first-order valence-corrected chi connectivity index (χ1v) is 8.84. The lowest BCUT2D eigenvalue weighted by Gasteiger charge is -2.15. The highest BCUT2D eigenvalue weighted by Gasteiger charge is 2.23. The molecule has 146 valence electrons. The van der Waals surface area contributed by atoms with Crippen molar-refractivity contribution in [3.8, 4) is 17.6 Å². The van der Waals surface area contributed by atoms with Gasteiger partial charge in [-0.25, -0.2) is 4.79 Å². The molecule has 0 aliphatic heterocycles. The molecular formula is C21H15ClN2O5. The topological polar surface area (TPSA) is 120 Å². The summed E-state index contributed by atoms with van der Waals surface area (Å²) < 4.78 is 5.12. The van der Waals surface area contributed by atoms with Crippen molar-refractivity contribution >= 4 is 39.9 Å². The summed E-state index contributed by atoms with van der Waals surface area (Å²) in [5.74, 6) is -2.16. The molecule has 0 aromatic heterocycles. The molecule has 0 saturated heterocycles. The van der Waals surface area contributed by atoms with Crippen molar-refractivity contribution in [1.29, 1.82) is 5.26 Å². The molecule has 0 saturated carbocycles. The van der Waals surface area contributed by atoms with Gasteiger partial charge in [-0.3, -0.25) is 4.79 Å². The van der Waals surface area contributed by atoms with Gasteiger partial charge in [-0.1, -0.05) is 35.9 Å². The molecule has 0 aliphatic carbocycles. The number of carbonyl (C=O) groups excluding carboxylic acids is 2. The number of phenolic OH excluding ortho intramolecular Hbond substituents is 2. The first-order valence-electron chi connectivity index (χ1n) is 8.47. The van der Waals surface area contributed by atoms with E-state index in [-0.39, 0.29) is 33.0 Å². The van der Waals surface area contributed by atoms with Gasteiger partial charge >= 0.3 is 5.97 Å².